The van der Waals surface area contributed by atoms with Gasteiger partial charge >= 0.3 is 0 Å². The van der Waals surface area contributed by atoms with E-state index in [1.165, 1.54) is 24.3 Å². The van der Waals surface area contributed by atoms with Gasteiger partial charge in [0, 0.05) is 11.1 Å². The van der Waals surface area contributed by atoms with E-state index < -0.39 is 52.8 Å². The van der Waals surface area contributed by atoms with Crippen molar-refractivity contribution < 1.29 is 30.4 Å². The van der Waals surface area contributed by atoms with E-state index in [-0.39, 0.29) is 29.7 Å². The second-order valence-corrected chi connectivity index (χ2v) is 10.6. The van der Waals surface area contributed by atoms with E-state index in [2.05, 4.69) is 0 Å². The molecule has 0 aliphatic rings. The highest BCUT2D eigenvalue weighted by Crippen LogP contribution is 2.31. The Balaban J connectivity index is 2.02. The standard InChI is InChI=1S/C23H18F2N4O5S2/c1-34-20-9-8-17(35(30,31)28-18-6-2-4-15(10-12-26)22(18)24)14-21(20)36(32,33)29-19-7-3-5-16(11-13-27)23(19)25/h2-9,14,28-29H,10-11H2,1H3. The fourth-order valence-electron chi connectivity index (χ4n) is 3.20. The maximum absolute atomic E-state index is 14.7. The number of ether oxygens (including phenoxy) is 1. The Morgan fingerprint density at radius 2 is 1.31 bits per heavy atom. The average Bonchev–Trinajstić information content (AvgIpc) is 2.84. The summed E-state index contributed by atoms with van der Waals surface area (Å²) < 4.78 is 90.4. The second-order valence-electron chi connectivity index (χ2n) is 7.25. The van der Waals surface area contributed by atoms with Gasteiger partial charge in [-0.05, 0) is 30.3 Å². The fourth-order valence-corrected chi connectivity index (χ4v) is 5.61. The zero-order valence-electron chi connectivity index (χ0n) is 18.6. The minimum Gasteiger partial charge on any atom is -0.495 e. The van der Waals surface area contributed by atoms with Gasteiger partial charge in [0.1, 0.15) is 10.6 Å². The predicted molar refractivity (Wildman–Crippen MR) is 126 cm³/mol. The molecule has 0 radical (unpaired) electrons. The van der Waals surface area contributed by atoms with E-state index in [0.717, 1.165) is 37.4 Å². The molecule has 0 spiro atoms. The van der Waals surface area contributed by atoms with Gasteiger partial charge in [0.25, 0.3) is 20.0 Å². The van der Waals surface area contributed by atoms with Crippen molar-refractivity contribution in [2.24, 2.45) is 0 Å². The van der Waals surface area contributed by atoms with Crippen molar-refractivity contribution >= 4 is 31.4 Å². The minimum atomic E-state index is -4.59. The number of rotatable bonds is 9. The van der Waals surface area contributed by atoms with Crippen LogP contribution in [0.2, 0.25) is 0 Å². The number of methoxy groups -OCH3 is 1. The van der Waals surface area contributed by atoms with Crippen molar-refractivity contribution in [2.45, 2.75) is 22.6 Å². The van der Waals surface area contributed by atoms with Crippen LogP contribution in [0.3, 0.4) is 0 Å². The van der Waals surface area contributed by atoms with Crippen molar-refractivity contribution in [3.8, 4) is 17.9 Å². The Morgan fingerprint density at radius 1 is 0.806 bits per heavy atom. The third-order valence-electron chi connectivity index (χ3n) is 4.92. The van der Waals surface area contributed by atoms with Crippen molar-refractivity contribution in [2.75, 3.05) is 16.6 Å². The summed E-state index contributed by atoms with van der Waals surface area (Å²) in [6, 6.07) is 14.1. The highest BCUT2D eigenvalue weighted by molar-refractivity contribution is 7.93. The Labute approximate surface area is 206 Å². The molecule has 2 N–H and O–H groups in total. The number of nitriles is 2. The van der Waals surface area contributed by atoms with Gasteiger partial charge < -0.3 is 4.74 Å². The third kappa shape index (κ3) is 5.54. The monoisotopic (exact) mass is 532 g/mol. The van der Waals surface area contributed by atoms with E-state index in [1.54, 1.807) is 12.1 Å². The number of hydrogen-bond donors (Lipinski definition) is 2. The molecule has 3 aromatic rings. The van der Waals surface area contributed by atoms with E-state index in [0.29, 0.717) is 0 Å². The van der Waals surface area contributed by atoms with Crippen LogP contribution >= 0.6 is 0 Å². The minimum absolute atomic E-state index is 0.0273. The SMILES string of the molecule is COc1ccc(S(=O)(=O)Nc2cccc(CC#N)c2F)cc1S(=O)(=O)Nc1cccc(CC#N)c1F. The van der Waals surface area contributed by atoms with E-state index in [9.17, 15) is 25.6 Å². The molecule has 3 rings (SSSR count). The lowest BCUT2D eigenvalue weighted by Crippen LogP contribution is -2.18. The summed E-state index contributed by atoms with van der Waals surface area (Å²) in [7, 11) is -7.93. The van der Waals surface area contributed by atoms with Crippen LogP contribution in [0, 0.1) is 34.3 Å². The normalized spacial score (nSPS) is 11.2. The Bertz CT molecular complexity index is 1610. The van der Waals surface area contributed by atoms with Crippen LogP contribution in [0.25, 0.3) is 0 Å². The molecular formula is C23H18F2N4O5S2. The van der Waals surface area contributed by atoms with Crippen LogP contribution in [0.1, 0.15) is 11.1 Å². The summed E-state index contributed by atoms with van der Waals surface area (Å²) in [6.45, 7) is 0. The summed E-state index contributed by atoms with van der Waals surface area (Å²) >= 11 is 0. The van der Waals surface area contributed by atoms with Crippen molar-refractivity contribution in [3.63, 3.8) is 0 Å². The third-order valence-corrected chi connectivity index (χ3v) is 7.67. The lowest BCUT2D eigenvalue weighted by Gasteiger charge is -2.15. The first kappa shape index (κ1) is 26.4. The average molecular weight is 533 g/mol. The van der Waals surface area contributed by atoms with Gasteiger partial charge in [-0.25, -0.2) is 25.6 Å². The molecule has 9 nitrogen and oxygen atoms in total. The molecule has 0 heterocycles. The van der Waals surface area contributed by atoms with E-state index in [4.69, 9.17) is 15.3 Å². The summed E-state index contributed by atoms with van der Waals surface area (Å²) in [4.78, 5) is -1.18. The summed E-state index contributed by atoms with van der Waals surface area (Å²) in [5.41, 5.74) is -0.948. The zero-order chi connectivity index (χ0) is 26.5. The Kier molecular flexibility index (Phi) is 7.77. The summed E-state index contributed by atoms with van der Waals surface area (Å²) in [5, 5.41) is 17.6. The van der Waals surface area contributed by atoms with Gasteiger partial charge in [-0.3, -0.25) is 9.44 Å². The molecule has 0 aromatic heterocycles. The number of benzene rings is 3. The molecule has 0 saturated carbocycles. The molecule has 186 valence electrons. The van der Waals surface area contributed by atoms with Crippen molar-refractivity contribution in [1.82, 2.24) is 0 Å². The number of halogens is 2. The Morgan fingerprint density at radius 3 is 1.78 bits per heavy atom. The molecule has 0 aliphatic carbocycles. The van der Waals surface area contributed by atoms with E-state index >= 15 is 0 Å². The number of hydrogen-bond acceptors (Lipinski definition) is 7. The smallest absolute Gasteiger partial charge is 0.265 e. The molecule has 0 fully saturated rings. The highest BCUT2D eigenvalue weighted by Gasteiger charge is 2.26. The maximum atomic E-state index is 14.7. The van der Waals surface area contributed by atoms with Gasteiger partial charge in [-0.2, -0.15) is 10.5 Å². The first-order valence-corrected chi connectivity index (χ1v) is 13.0. The van der Waals surface area contributed by atoms with Crippen LogP contribution < -0.4 is 14.2 Å². The van der Waals surface area contributed by atoms with Crippen molar-refractivity contribution in [3.05, 3.63) is 77.4 Å². The van der Waals surface area contributed by atoms with Gasteiger partial charge in [-0.15, -0.1) is 0 Å². The number of nitrogens with one attached hydrogen (secondary N) is 2. The maximum Gasteiger partial charge on any atom is 0.265 e. The van der Waals surface area contributed by atoms with E-state index in [1.807, 2.05) is 9.44 Å². The number of sulfonamides is 2. The van der Waals surface area contributed by atoms with Crippen LogP contribution in [0.4, 0.5) is 20.2 Å². The van der Waals surface area contributed by atoms with Crippen LogP contribution in [-0.4, -0.2) is 23.9 Å². The van der Waals surface area contributed by atoms with Gasteiger partial charge in [-0.1, -0.05) is 24.3 Å². The van der Waals surface area contributed by atoms with Crippen LogP contribution in [0.15, 0.2) is 64.4 Å². The van der Waals surface area contributed by atoms with Crippen LogP contribution in [0.5, 0.6) is 5.75 Å². The highest BCUT2D eigenvalue weighted by atomic mass is 32.2. The van der Waals surface area contributed by atoms with Crippen molar-refractivity contribution in [1.29, 1.82) is 10.5 Å². The largest absolute Gasteiger partial charge is 0.495 e. The molecular weight excluding hydrogens is 514 g/mol. The predicted octanol–water partition coefficient (Wildman–Crippen LogP) is 3.71. The molecule has 0 amide bonds. The fraction of sp³-hybridized carbons (Fsp3) is 0.130. The lowest BCUT2D eigenvalue weighted by molar-refractivity contribution is 0.402. The molecule has 0 bridgehead atoms. The quantitative estimate of drug-likeness (QED) is 0.427. The number of anilines is 2. The summed E-state index contributed by atoms with van der Waals surface area (Å²) in [5.74, 6) is -2.14. The number of nitrogens with zero attached hydrogens (tertiary/aromatic N) is 2. The topological polar surface area (TPSA) is 149 Å². The zero-order valence-corrected chi connectivity index (χ0v) is 20.3. The van der Waals surface area contributed by atoms with Gasteiger partial charge in [0.05, 0.1) is 48.4 Å². The first-order valence-electron chi connectivity index (χ1n) is 10.1. The Hall–Kier alpha value is -4.20. The summed E-state index contributed by atoms with van der Waals surface area (Å²) in [6.07, 6.45) is -0.583. The molecule has 0 atom stereocenters. The molecule has 0 unspecified atom stereocenters. The van der Waals surface area contributed by atoms with Gasteiger partial charge in [0.15, 0.2) is 11.6 Å². The first-order chi connectivity index (χ1) is 17.0. The van der Waals surface area contributed by atoms with Gasteiger partial charge in [0.2, 0.25) is 0 Å². The lowest BCUT2D eigenvalue weighted by atomic mass is 10.1. The molecule has 13 heteroatoms. The molecule has 3 aromatic carbocycles. The molecule has 36 heavy (non-hydrogen) atoms. The second kappa shape index (κ2) is 10.6. The molecule has 0 aliphatic heterocycles. The molecule has 0 saturated heterocycles. The van der Waals surface area contributed by atoms with Crippen LogP contribution in [-0.2, 0) is 32.9 Å².